The van der Waals surface area contributed by atoms with Crippen LogP contribution in [-0.4, -0.2) is 74.9 Å². The van der Waals surface area contributed by atoms with Crippen molar-refractivity contribution in [1.29, 1.82) is 0 Å². The molecule has 130 valence electrons. The monoisotopic (exact) mass is 351 g/mol. The lowest BCUT2D eigenvalue weighted by atomic mass is 10.4. The standard InChI is InChI=1S/C12H19F2N5O3S/c1-15-12(16-8-11(13)14)18-3-5-19(6-4-18)23(20,21)9-10-2-7-22-17-10/h2,7,11H,3-6,8-9H2,1H3,(H,15,16). The first-order chi connectivity index (χ1) is 10.9. The van der Waals surface area contributed by atoms with Gasteiger partial charge < -0.3 is 14.7 Å². The zero-order valence-electron chi connectivity index (χ0n) is 12.7. The van der Waals surface area contributed by atoms with Crippen molar-refractivity contribution in [3.05, 3.63) is 18.0 Å². The van der Waals surface area contributed by atoms with Crippen LogP contribution in [-0.2, 0) is 15.8 Å². The van der Waals surface area contributed by atoms with E-state index in [1.807, 2.05) is 0 Å². The number of aromatic nitrogens is 1. The van der Waals surface area contributed by atoms with Crippen LogP contribution < -0.4 is 5.32 Å². The molecule has 2 heterocycles. The Morgan fingerprint density at radius 2 is 2.13 bits per heavy atom. The van der Waals surface area contributed by atoms with E-state index in [4.69, 9.17) is 0 Å². The second-order valence-corrected chi connectivity index (χ2v) is 6.92. The lowest BCUT2D eigenvalue weighted by Gasteiger charge is -2.35. The zero-order valence-corrected chi connectivity index (χ0v) is 13.5. The Balaban J connectivity index is 1.90. The number of aliphatic imine (C=N–C) groups is 1. The maximum atomic E-state index is 12.3. The van der Waals surface area contributed by atoms with Crippen LogP contribution in [0.5, 0.6) is 0 Å². The number of guanidine groups is 1. The molecule has 1 aromatic heterocycles. The van der Waals surface area contributed by atoms with E-state index in [0.29, 0.717) is 24.7 Å². The molecule has 1 aromatic rings. The van der Waals surface area contributed by atoms with Crippen molar-refractivity contribution >= 4 is 16.0 Å². The van der Waals surface area contributed by atoms with Gasteiger partial charge in [-0.05, 0) is 0 Å². The summed E-state index contributed by atoms with van der Waals surface area (Å²) in [6.07, 6.45) is -1.16. The molecule has 1 N–H and O–H groups in total. The van der Waals surface area contributed by atoms with Gasteiger partial charge in [-0.15, -0.1) is 0 Å². The van der Waals surface area contributed by atoms with E-state index >= 15 is 0 Å². The van der Waals surface area contributed by atoms with E-state index in [0.717, 1.165) is 0 Å². The number of piperazine rings is 1. The Morgan fingerprint density at radius 1 is 1.43 bits per heavy atom. The first kappa shape index (κ1) is 17.6. The lowest BCUT2D eigenvalue weighted by Crippen LogP contribution is -2.54. The van der Waals surface area contributed by atoms with Crippen molar-refractivity contribution in [1.82, 2.24) is 19.7 Å². The molecule has 1 saturated heterocycles. The maximum Gasteiger partial charge on any atom is 0.255 e. The topological polar surface area (TPSA) is 91.0 Å². The normalized spacial score (nSPS) is 17.7. The van der Waals surface area contributed by atoms with Crippen molar-refractivity contribution in [2.24, 2.45) is 4.99 Å². The highest BCUT2D eigenvalue weighted by Gasteiger charge is 2.29. The Hall–Kier alpha value is -1.75. The number of nitrogens with one attached hydrogen (secondary N) is 1. The summed E-state index contributed by atoms with van der Waals surface area (Å²) in [6.45, 7) is 0.782. The van der Waals surface area contributed by atoms with Crippen molar-refractivity contribution < 1.29 is 21.7 Å². The van der Waals surface area contributed by atoms with Crippen molar-refractivity contribution in [3.8, 4) is 0 Å². The summed E-state index contributed by atoms with van der Waals surface area (Å²) in [7, 11) is -1.98. The Bertz CT molecular complexity index is 613. The van der Waals surface area contributed by atoms with E-state index in [-0.39, 0.29) is 18.8 Å². The van der Waals surface area contributed by atoms with Crippen LogP contribution in [0.25, 0.3) is 0 Å². The van der Waals surface area contributed by atoms with Gasteiger partial charge in [-0.25, -0.2) is 17.2 Å². The predicted octanol–water partition coefficient (Wildman–Crippen LogP) is -0.0375. The van der Waals surface area contributed by atoms with Gasteiger partial charge in [0, 0.05) is 39.3 Å². The predicted molar refractivity (Wildman–Crippen MR) is 79.6 cm³/mol. The van der Waals surface area contributed by atoms with Gasteiger partial charge in [0.15, 0.2) is 5.96 Å². The molecule has 0 aliphatic carbocycles. The first-order valence-electron chi connectivity index (χ1n) is 7.03. The highest BCUT2D eigenvalue weighted by Crippen LogP contribution is 2.12. The van der Waals surface area contributed by atoms with Crippen molar-refractivity contribution in [3.63, 3.8) is 0 Å². The van der Waals surface area contributed by atoms with Crippen molar-refractivity contribution in [2.75, 3.05) is 39.8 Å². The molecule has 23 heavy (non-hydrogen) atoms. The van der Waals surface area contributed by atoms with Crippen molar-refractivity contribution in [2.45, 2.75) is 12.2 Å². The number of alkyl halides is 2. The SMILES string of the molecule is CN=C(NCC(F)F)N1CCN(S(=O)(=O)Cc2ccon2)CC1. The second kappa shape index (κ2) is 7.68. The quantitative estimate of drug-likeness (QED) is 0.591. The molecule has 1 aliphatic rings. The minimum Gasteiger partial charge on any atom is -0.364 e. The molecule has 1 fully saturated rings. The van der Waals surface area contributed by atoms with Crippen LogP contribution in [0.2, 0.25) is 0 Å². The summed E-state index contributed by atoms with van der Waals surface area (Å²) < 4.78 is 55.1. The fourth-order valence-electron chi connectivity index (χ4n) is 2.27. The van der Waals surface area contributed by atoms with Crippen LogP contribution >= 0.6 is 0 Å². The van der Waals surface area contributed by atoms with Gasteiger partial charge in [-0.2, -0.15) is 4.31 Å². The van der Waals surface area contributed by atoms with Gasteiger partial charge >= 0.3 is 0 Å². The third-order valence-electron chi connectivity index (χ3n) is 3.38. The van der Waals surface area contributed by atoms with E-state index in [9.17, 15) is 17.2 Å². The molecule has 0 saturated carbocycles. The minimum absolute atomic E-state index is 0.220. The smallest absolute Gasteiger partial charge is 0.255 e. The number of sulfonamides is 1. The summed E-state index contributed by atoms with van der Waals surface area (Å²) in [4.78, 5) is 5.69. The molecule has 1 aliphatic heterocycles. The molecule has 2 rings (SSSR count). The third kappa shape index (κ3) is 4.86. The van der Waals surface area contributed by atoms with E-state index in [2.05, 4.69) is 20.0 Å². The summed E-state index contributed by atoms with van der Waals surface area (Å²) in [5.74, 6) is 0.126. The maximum absolute atomic E-state index is 12.3. The largest absolute Gasteiger partial charge is 0.364 e. The molecule has 8 nitrogen and oxygen atoms in total. The molecule has 0 radical (unpaired) electrons. The number of rotatable bonds is 5. The molecule has 0 atom stereocenters. The Kier molecular flexibility index (Phi) is 5.88. The molecule has 11 heteroatoms. The molecule has 0 spiro atoms. The van der Waals surface area contributed by atoms with Gasteiger partial charge in [0.05, 0.1) is 12.2 Å². The Morgan fingerprint density at radius 3 is 2.65 bits per heavy atom. The van der Waals surface area contributed by atoms with Crippen LogP contribution in [0.1, 0.15) is 5.69 Å². The minimum atomic E-state index is -3.48. The molecule has 0 bridgehead atoms. The Labute approximate surface area is 133 Å². The summed E-state index contributed by atoms with van der Waals surface area (Å²) in [5.41, 5.74) is 0.349. The fraction of sp³-hybridized carbons (Fsp3) is 0.667. The van der Waals surface area contributed by atoms with E-state index in [1.165, 1.54) is 23.7 Å². The van der Waals surface area contributed by atoms with Gasteiger partial charge in [0.2, 0.25) is 10.0 Å². The van der Waals surface area contributed by atoms with Crippen LogP contribution in [0, 0.1) is 0 Å². The molecule has 0 aromatic carbocycles. The van der Waals surface area contributed by atoms with Gasteiger partial charge in [-0.3, -0.25) is 4.99 Å². The number of hydrogen-bond acceptors (Lipinski definition) is 5. The summed E-state index contributed by atoms with van der Waals surface area (Å²) in [6, 6.07) is 1.50. The summed E-state index contributed by atoms with van der Waals surface area (Å²) in [5, 5.41) is 6.17. The van der Waals surface area contributed by atoms with Gasteiger partial charge in [-0.1, -0.05) is 5.16 Å². The number of hydrogen-bond donors (Lipinski definition) is 1. The van der Waals surface area contributed by atoms with E-state index in [1.54, 1.807) is 4.90 Å². The average Bonchev–Trinajstić information content (AvgIpc) is 3.00. The molecular formula is C12H19F2N5O3S. The number of halogens is 2. The van der Waals surface area contributed by atoms with Crippen LogP contribution in [0.3, 0.4) is 0 Å². The third-order valence-corrected chi connectivity index (χ3v) is 5.19. The van der Waals surface area contributed by atoms with E-state index < -0.39 is 23.0 Å². The van der Waals surface area contributed by atoms with Gasteiger partial charge in [0.25, 0.3) is 6.43 Å². The second-order valence-electron chi connectivity index (χ2n) is 4.95. The highest BCUT2D eigenvalue weighted by atomic mass is 32.2. The number of nitrogens with zero attached hydrogens (tertiary/aromatic N) is 4. The average molecular weight is 351 g/mol. The molecular weight excluding hydrogens is 332 g/mol. The molecule has 0 unspecified atom stereocenters. The fourth-order valence-corrected chi connectivity index (χ4v) is 3.69. The lowest BCUT2D eigenvalue weighted by molar-refractivity contribution is 0.150. The van der Waals surface area contributed by atoms with Crippen LogP contribution in [0.4, 0.5) is 8.78 Å². The highest BCUT2D eigenvalue weighted by molar-refractivity contribution is 7.88. The van der Waals surface area contributed by atoms with Gasteiger partial charge in [0.1, 0.15) is 12.0 Å². The summed E-state index contributed by atoms with van der Waals surface area (Å²) >= 11 is 0. The first-order valence-corrected chi connectivity index (χ1v) is 8.64. The zero-order chi connectivity index (χ0) is 16.9. The van der Waals surface area contributed by atoms with Crippen LogP contribution in [0.15, 0.2) is 21.8 Å². The molecule has 0 amide bonds.